The van der Waals surface area contributed by atoms with Crippen LogP contribution < -0.4 is 5.32 Å². The highest BCUT2D eigenvalue weighted by atomic mass is 35.5. The maximum atomic E-state index is 6.16. The molecule has 0 unspecified atom stereocenters. The van der Waals surface area contributed by atoms with E-state index in [2.05, 4.69) is 20.5 Å². The highest BCUT2D eigenvalue weighted by Gasteiger charge is 2.04. The van der Waals surface area contributed by atoms with Crippen molar-refractivity contribution >= 4 is 28.9 Å². The Morgan fingerprint density at radius 2 is 2.00 bits per heavy atom. The lowest BCUT2D eigenvalue weighted by molar-refractivity contribution is 1.09. The van der Waals surface area contributed by atoms with Gasteiger partial charge in [-0.15, -0.1) is 0 Å². The van der Waals surface area contributed by atoms with Crippen molar-refractivity contribution in [3.8, 4) is 11.4 Å². The van der Waals surface area contributed by atoms with Gasteiger partial charge in [0.2, 0.25) is 0 Å². The second-order valence-electron chi connectivity index (χ2n) is 4.50. The van der Waals surface area contributed by atoms with Crippen LogP contribution in [0.4, 0.5) is 5.69 Å². The Morgan fingerprint density at radius 1 is 1.10 bits per heavy atom. The van der Waals surface area contributed by atoms with Crippen molar-refractivity contribution in [1.82, 2.24) is 15.2 Å². The molecule has 0 saturated carbocycles. The van der Waals surface area contributed by atoms with Crippen molar-refractivity contribution in [2.45, 2.75) is 6.54 Å². The minimum atomic E-state index is 0.621. The predicted octanol–water partition coefficient (Wildman–Crippen LogP) is 4.39. The number of benzene rings is 2. The summed E-state index contributed by atoms with van der Waals surface area (Å²) < 4.78 is 0. The van der Waals surface area contributed by atoms with Gasteiger partial charge in [-0.05, 0) is 29.8 Å². The molecule has 0 aliphatic carbocycles. The third-order valence-electron chi connectivity index (χ3n) is 3.05. The van der Waals surface area contributed by atoms with Gasteiger partial charge in [-0.25, -0.2) is 4.98 Å². The molecule has 0 fully saturated rings. The van der Waals surface area contributed by atoms with E-state index in [1.807, 2.05) is 36.4 Å². The molecule has 6 heteroatoms. The van der Waals surface area contributed by atoms with Crippen LogP contribution in [0.1, 0.15) is 5.56 Å². The second-order valence-corrected chi connectivity index (χ2v) is 5.35. The number of aromatic nitrogens is 3. The Bertz CT molecular complexity index is 741. The van der Waals surface area contributed by atoms with Crippen molar-refractivity contribution in [3.63, 3.8) is 0 Å². The number of rotatable bonds is 4. The van der Waals surface area contributed by atoms with Crippen molar-refractivity contribution in [3.05, 3.63) is 64.4 Å². The lowest BCUT2D eigenvalue weighted by atomic mass is 10.1. The van der Waals surface area contributed by atoms with Crippen LogP contribution in [0.25, 0.3) is 11.4 Å². The van der Waals surface area contributed by atoms with E-state index in [0.29, 0.717) is 16.6 Å². The quantitative estimate of drug-likeness (QED) is 0.750. The molecule has 0 saturated heterocycles. The normalized spacial score (nSPS) is 10.6. The monoisotopic (exact) mass is 318 g/mol. The molecule has 0 atom stereocenters. The van der Waals surface area contributed by atoms with Crippen molar-refractivity contribution < 1.29 is 0 Å². The number of anilines is 1. The van der Waals surface area contributed by atoms with Crippen LogP contribution in [0.5, 0.6) is 0 Å². The van der Waals surface area contributed by atoms with Gasteiger partial charge in [0.15, 0.2) is 5.82 Å². The summed E-state index contributed by atoms with van der Waals surface area (Å²) in [6.07, 6.45) is 1.49. The highest BCUT2D eigenvalue weighted by molar-refractivity contribution is 6.35. The fourth-order valence-electron chi connectivity index (χ4n) is 1.98. The predicted molar refractivity (Wildman–Crippen MR) is 85.6 cm³/mol. The number of nitrogens with zero attached hydrogens (tertiary/aromatic N) is 2. The van der Waals surface area contributed by atoms with Gasteiger partial charge >= 0.3 is 0 Å². The smallest absolute Gasteiger partial charge is 0.155 e. The summed E-state index contributed by atoms with van der Waals surface area (Å²) in [7, 11) is 0. The zero-order valence-corrected chi connectivity index (χ0v) is 12.5. The zero-order chi connectivity index (χ0) is 14.7. The van der Waals surface area contributed by atoms with E-state index in [0.717, 1.165) is 22.6 Å². The fraction of sp³-hybridized carbons (Fsp3) is 0.0667. The molecule has 1 aromatic heterocycles. The molecule has 2 aromatic carbocycles. The van der Waals surface area contributed by atoms with Crippen LogP contribution in [0.2, 0.25) is 10.0 Å². The molecule has 0 bridgehead atoms. The standard InChI is InChI=1S/C15H12Cl2N4/c16-12-5-4-11(14(17)7-12)8-18-13-3-1-2-10(6-13)15-19-9-20-21-15/h1-7,9,18H,8H2,(H,19,20,21). The van der Waals surface area contributed by atoms with Crippen molar-refractivity contribution in [1.29, 1.82) is 0 Å². The van der Waals surface area contributed by atoms with Gasteiger partial charge in [-0.1, -0.05) is 41.4 Å². The van der Waals surface area contributed by atoms with Crippen LogP contribution in [0, 0.1) is 0 Å². The molecule has 2 N–H and O–H groups in total. The van der Waals surface area contributed by atoms with Gasteiger partial charge in [-0.2, -0.15) is 5.10 Å². The molecule has 21 heavy (non-hydrogen) atoms. The molecule has 0 amide bonds. The molecule has 0 aliphatic rings. The molecule has 0 radical (unpaired) electrons. The lowest BCUT2D eigenvalue weighted by Crippen LogP contribution is -2.00. The largest absolute Gasteiger partial charge is 0.381 e. The third kappa shape index (κ3) is 3.35. The summed E-state index contributed by atoms with van der Waals surface area (Å²) in [5, 5.41) is 11.3. The number of aromatic amines is 1. The minimum absolute atomic E-state index is 0.621. The maximum absolute atomic E-state index is 6.16. The van der Waals surface area contributed by atoms with E-state index in [4.69, 9.17) is 23.2 Å². The molecular weight excluding hydrogens is 307 g/mol. The summed E-state index contributed by atoms with van der Waals surface area (Å²) in [5.74, 6) is 0.739. The Kier molecular flexibility index (Phi) is 4.08. The third-order valence-corrected chi connectivity index (χ3v) is 3.64. The van der Waals surface area contributed by atoms with Gasteiger partial charge < -0.3 is 5.32 Å². The zero-order valence-electron chi connectivity index (χ0n) is 11.0. The van der Waals surface area contributed by atoms with E-state index >= 15 is 0 Å². The maximum Gasteiger partial charge on any atom is 0.155 e. The van der Waals surface area contributed by atoms with Crippen LogP contribution in [0.3, 0.4) is 0 Å². The number of halogens is 2. The number of hydrogen-bond acceptors (Lipinski definition) is 3. The summed E-state index contributed by atoms with van der Waals surface area (Å²) >= 11 is 12.1. The summed E-state index contributed by atoms with van der Waals surface area (Å²) in [6, 6.07) is 13.4. The average Bonchev–Trinajstić information content (AvgIpc) is 3.01. The summed E-state index contributed by atoms with van der Waals surface area (Å²) in [5.41, 5.74) is 2.95. The molecule has 106 valence electrons. The number of H-pyrrole nitrogens is 1. The van der Waals surface area contributed by atoms with Crippen LogP contribution >= 0.6 is 23.2 Å². The first-order valence-electron chi connectivity index (χ1n) is 6.36. The average molecular weight is 319 g/mol. The minimum Gasteiger partial charge on any atom is -0.381 e. The Balaban J connectivity index is 1.75. The van der Waals surface area contributed by atoms with Gasteiger partial charge in [0, 0.05) is 27.8 Å². The van der Waals surface area contributed by atoms with Crippen LogP contribution in [-0.2, 0) is 6.54 Å². The lowest BCUT2D eigenvalue weighted by Gasteiger charge is -2.09. The summed E-state index contributed by atoms with van der Waals surface area (Å²) in [4.78, 5) is 4.14. The molecule has 1 heterocycles. The Hall–Kier alpha value is -2.04. The fourth-order valence-corrected chi connectivity index (χ4v) is 2.46. The topological polar surface area (TPSA) is 53.6 Å². The number of hydrogen-bond donors (Lipinski definition) is 2. The number of nitrogens with one attached hydrogen (secondary N) is 2. The molecule has 4 nitrogen and oxygen atoms in total. The van der Waals surface area contributed by atoms with Gasteiger partial charge in [0.25, 0.3) is 0 Å². The molecule has 3 aromatic rings. The van der Waals surface area contributed by atoms with E-state index in [-0.39, 0.29) is 0 Å². The van der Waals surface area contributed by atoms with E-state index in [1.54, 1.807) is 6.07 Å². The van der Waals surface area contributed by atoms with Gasteiger partial charge in [0.1, 0.15) is 6.33 Å². The first kappa shape index (κ1) is 13.9. The molecular formula is C15H12Cl2N4. The second kappa shape index (κ2) is 6.16. The first-order chi connectivity index (χ1) is 10.2. The van der Waals surface area contributed by atoms with E-state index in [9.17, 15) is 0 Å². The SMILES string of the molecule is Clc1ccc(CNc2cccc(-c3ncn[nH]3)c2)c(Cl)c1. The highest BCUT2D eigenvalue weighted by Crippen LogP contribution is 2.23. The van der Waals surface area contributed by atoms with Crippen LogP contribution in [-0.4, -0.2) is 15.2 Å². The van der Waals surface area contributed by atoms with Crippen molar-refractivity contribution in [2.75, 3.05) is 5.32 Å². The van der Waals surface area contributed by atoms with Crippen LogP contribution in [0.15, 0.2) is 48.8 Å². The molecule has 0 aliphatic heterocycles. The van der Waals surface area contributed by atoms with E-state index < -0.39 is 0 Å². The summed E-state index contributed by atoms with van der Waals surface area (Å²) in [6.45, 7) is 0.621. The van der Waals surface area contributed by atoms with Gasteiger partial charge in [-0.3, -0.25) is 5.10 Å². The van der Waals surface area contributed by atoms with Gasteiger partial charge in [0.05, 0.1) is 0 Å². The Labute approximate surface area is 132 Å². The first-order valence-corrected chi connectivity index (χ1v) is 7.11. The molecule has 3 rings (SSSR count). The molecule has 0 spiro atoms. The van der Waals surface area contributed by atoms with E-state index in [1.165, 1.54) is 6.33 Å². The van der Waals surface area contributed by atoms with Crippen molar-refractivity contribution in [2.24, 2.45) is 0 Å². The Morgan fingerprint density at radius 3 is 2.76 bits per heavy atom.